The van der Waals surface area contributed by atoms with Gasteiger partial charge in [-0.2, -0.15) is 0 Å². The third-order valence-electron chi connectivity index (χ3n) is 8.00. The quantitative estimate of drug-likeness (QED) is 0.332. The zero-order valence-electron chi connectivity index (χ0n) is 19.2. The van der Waals surface area contributed by atoms with E-state index < -0.39 is 0 Å². The molecule has 2 nitrogen and oxygen atoms in total. The molecule has 0 radical (unpaired) electrons. The number of rotatable bonds is 7. The number of halogens is 1. The molecule has 168 valence electrons. The van der Waals surface area contributed by atoms with Gasteiger partial charge < -0.3 is 4.74 Å². The summed E-state index contributed by atoms with van der Waals surface area (Å²) in [6, 6.07) is 9.05. The summed E-state index contributed by atoms with van der Waals surface area (Å²) in [6.07, 6.45) is 14.5. The Kier molecular flexibility index (Phi) is 7.30. The van der Waals surface area contributed by atoms with Crippen LogP contribution in [0.15, 0.2) is 30.3 Å². The molecule has 2 saturated carbocycles. The highest BCUT2D eigenvalue weighted by atomic mass is 19.1. The van der Waals surface area contributed by atoms with Crippen LogP contribution >= 0.6 is 0 Å². The zero-order valence-corrected chi connectivity index (χ0v) is 19.2. The van der Waals surface area contributed by atoms with Crippen LogP contribution in [0.5, 0.6) is 0 Å². The predicted molar refractivity (Wildman–Crippen MR) is 125 cm³/mol. The highest BCUT2D eigenvalue weighted by Gasteiger charge is 2.36. The first kappa shape index (κ1) is 22.3. The van der Waals surface area contributed by atoms with Crippen molar-refractivity contribution in [2.24, 2.45) is 17.8 Å². The number of methoxy groups -OCH3 is 1. The lowest BCUT2D eigenvalue weighted by Crippen LogP contribution is -2.30. The Labute approximate surface area is 186 Å². The third-order valence-corrected chi connectivity index (χ3v) is 8.00. The summed E-state index contributed by atoms with van der Waals surface area (Å²) >= 11 is 0. The predicted octanol–water partition coefficient (Wildman–Crippen LogP) is 8.04. The summed E-state index contributed by atoms with van der Waals surface area (Å²) in [6.45, 7) is 2.28. The molecule has 0 spiro atoms. The number of unbranched alkanes of at least 4 members (excludes halogenated alkanes) is 3. The monoisotopic (exact) mass is 424 g/mol. The standard InChI is InChI=1S/C28H37FO2/c1-3-4-5-6-7-19-8-9-21-15-23(12-10-20(21)14-19)26-17-22-11-13-24(28(30)31-2)16-25(22)18-27(26)29/h11,13,16-21,23H,3-10,12,14-15H2,1-2H3. The van der Waals surface area contributed by atoms with E-state index in [1.165, 1.54) is 64.9 Å². The van der Waals surface area contributed by atoms with Gasteiger partial charge in [0.05, 0.1) is 12.7 Å². The van der Waals surface area contributed by atoms with Crippen molar-refractivity contribution in [2.45, 2.75) is 83.5 Å². The second kappa shape index (κ2) is 10.1. The van der Waals surface area contributed by atoms with Crippen molar-refractivity contribution >= 4 is 16.7 Å². The Balaban J connectivity index is 1.41. The molecule has 2 fully saturated rings. The van der Waals surface area contributed by atoms with Gasteiger partial charge in [-0.25, -0.2) is 9.18 Å². The minimum Gasteiger partial charge on any atom is -0.465 e. The Bertz CT molecular complexity index is 905. The summed E-state index contributed by atoms with van der Waals surface area (Å²) in [5.41, 5.74) is 1.34. The summed E-state index contributed by atoms with van der Waals surface area (Å²) < 4.78 is 19.9. The molecule has 0 aromatic heterocycles. The van der Waals surface area contributed by atoms with Gasteiger partial charge >= 0.3 is 5.97 Å². The van der Waals surface area contributed by atoms with E-state index in [1.54, 1.807) is 18.2 Å². The lowest BCUT2D eigenvalue weighted by Gasteiger charge is -2.42. The molecule has 4 atom stereocenters. The van der Waals surface area contributed by atoms with Gasteiger partial charge in [-0.1, -0.05) is 51.5 Å². The average molecular weight is 425 g/mol. The molecule has 0 saturated heterocycles. The molecule has 2 aromatic carbocycles. The van der Waals surface area contributed by atoms with Crippen molar-refractivity contribution in [1.82, 2.24) is 0 Å². The molecule has 4 rings (SSSR count). The first-order valence-corrected chi connectivity index (χ1v) is 12.4. The minimum absolute atomic E-state index is 0.123. The van der Waals surface area contributed by atoms with Gasteiger partial charge in [0, 0.05) is 0 Å². The van der Waals surface area contributed by atoms with Crippen LogP contribution < -0.4 is 0 Å². The normalized spacial score (nSPS) is 25.9. The highest BCUT2D eigenvalue weighted by molar-refractivity contribution is 5.95. The van der Waals surface area contributed by atoms with Gasteiger partial charge in [-0.3, -0.25) is 0 Å². The van der Waals surface area contributed by atoms with E-state index in [-0.39, 0.29) is 11.8 Å². The van der Waals surface area contributed by atoms with E-state index in [9.17, 15) is 4.79 Å². The van der Waals surface area contributed by atoms with Crippen molar-refractivity contribution in [3.63, 3.8) is 0 Å². The second-order valence-electron chi connectivity index (χ2n) is 9.99. The number of fused-ring (bicyclic) bond motifs is 2. The van der Waals surface area contributed by atoms with Crippen molar-refractivity contribution in [2.75, 3.05) is 7.11 Å². The largest absolute Gasteiger partial charge is 0.465 e. The van der Waals surface area contributed by atoms with Crippen LogP contribution in [-0.4, -0.2) is 13.1 Å². The van der Waals surface area contributed by atoms with Gasteiger partial charge in [0.15, 0.2) is 0 Å². The Morgan fingerprint density at radius 2 is 1.77 bits per heavy atom. The van der Waals surface area contributed by atoms with Crippen LogP contribution in [0.1, 0.15) is 99.4 Å². The fourth-order valence-corrected chi connectivity index (χ4v) is 6.24. The molecule has 0 heterocycles. The molecule has 2 aromatic rings. The summed E-state index contributed by atoms with van der Waals surface area (Å²) in [5, 5.41) is 1.77. The van der Waals surface area contributed by atoms with E-state index >= 15 is 4.39 Å². The third kappa shape index (κ3) is 5.13. The maximum atomic E-state index is 15.1. The first-order chi connectivity index (χ1) is 15.1. The molecule has 0 amide bonds. The molecule has 3 heteroatoms. The Morgan fingerprint density at radius 1 is 0.968 bits per heavy atom. The highest BCUT2D eigenvalue weighted by Crippen LogP contribution is 2.49. The van der Waals surface area contributed by atoms with E-state index in [0.29, 0.717) is 11.5 Å². The Hall–Kier alpha value is -1.90. The van der Waals surface area contributed by atoms with Crippen molar-refractivity contribution < 1.29 is 13.9 Å². The van der Waals surface area contributed by atoms with E-state index in [1.807, 2.05) is 12.1 Å². The van der Waals surface area contributed by atoms with Gasteiger partial charge in [-0.15, -0.1) is 0 Å². The first-order valence-electron chi connectivity index (χ1n) is 12.4. The van der Waals surface area contributed by atoms with Gasteiger partial charge in [0.2, 0.25) is 0 Å². The summed E-state index contributed by atoms with van der Waals surface area (Å²) in [5.74, 6) is 2.37. The molecule has 2 aliphatic carbocycles. The van der Waals surface area contributed by atoms with Gasteiger partial charge in [-0.05, 0) is 96.4 Å². The molecule has 4 unspecified atom stereocenters. The lowest BCUT2D eigenvalue weighted by molar-refractivity contribution is 0.0601. The summed E-state index contributed by atoms with van der Waals surface area (Å²) in [4.78, 5) is 11.8. The molecule has 31 heavy (non-hydrogen) atoms. The van der Waals surface area contributed by atoms with E-state index in [0.717, 1.165) is 46.9 Å². The molecule has 2 aliphatic rings. The second-order valence-corrected chi connectivity index (χ2v) is 9.99. The molecular weight excluding hydrogens is 387 g/mol. The van der Waals surface area contributed by atoms with E-state index in [4.69, 9.17) is 4.74 Å². The minimum atomic E-state index is -0.384. The fourth-order valence-electron chi connectivity index (χ4n) is 6.24. The van der Waals surface area contributed by atoms with Crippen LogP contribution in [-0.2, 0) is 4.74 Å². The molecule has 0 aliphatic heterocycles. The topological polar surface area (TPSA) is 26.3 Å². The summed E-state index contributed by atoms with van der Waals surface area (Å²) in [7, 11) is 1.37. The number of carbonyl (C=O) groups excluding carboxylic acids is 1. The number of benzene rings is 2. The van der Waals surface area contributed by atoms with Crippen molar-refractivity contribution in [3.05, 3.63) is 47.3 Å². The number of carbonyl (C=O) groups is 1. The van der Waals surface area contributed by atoms with Crippen LogP contribution in [0.3, 0.4) is 0 Å². The Morgan fingerprint density at radius 3 is 2.58 bits per heavy atom. The lowest BCUT2D eigenvalue weighted by atomic mass is 9.63. The maximum Gasteiger partial charge on any atom is 0.337 e. The number of esters is 1. The van der Waals surface area contributed by atoms with Crippen molar-refractivity contribution in [3.8, 4) is 0 Å². The smallest absolute Gasteiger partial charge is 0.337 e. The van der Waals surface area contributed by atoms with Crippen LogP contribution in [0.4, 0.5) is 4.39 Å². The molecular formula is C28H37FO2. The van der Waals surface area contributed by atoms with Crippen LogP contribution in [0.2, 0.25) is 0 Å². The van der Waals surface area contributed by atoms with Crippen molar-refractivity contribution in [1.29, 1.82) is 0 Å². The molecule has 0 N–H and O–H groups in total. The number of hydrogen-bond acceptors (Lipinski definition) is 2. The molecule has 0 bridgehead atoms. The fraction of sp³-hybridized carbons (Fsp3) is 0.607. The number of ether oxygens (including phenoxy) is 1. The number of hydrogen-bond donors (Lipinski definition) is 0. The average Bonchev–Trinajstić information content (AvgIpc) is 2.80. The van der Waals surface area contributed by atoms with Gasteiger partial charge in [0.25, 0.3) is 0 Å². The van der Waals surface area contributed by atoms with E-state index in [2.05, 4.69) is 6.92 Å². The zero-order chi connectivity index (χ0) is 21.8. The van der Waals surface area contributed by atoms with Gasteiger partial charge in [0.1, 0.15) is 5.82 Å². The van der Waals surface area contributed by atoms with Crippen LogP contribution in [0.25, 0.3) is 10.8 Å². The SMILES string of the molecule is CCCCCCC1CCC2CC(c3cc4ccc(C(=O)OC)cc4cc3F)CCC2C1. The van der Waals surface area contributed by atoms with Crippen LogP contribution in [0, 0.1) is 23.6 Å². The maximum absolute atomic E-state index is 15.1.